The van der Waals surface area contributed by atoms with Crippen molar-refractivity contribution in [1.82, 2.24) is 9.88 Å². The molecule has 1 fully saturated rings. The van der Waals surface area contributed by atoms with Crippen LogP contribution in [0.5, 0.6) is 0 Å². The number of aromatic nitrogens is 1. The molecule has 6 heteroatoms. The minimum atomic E-state index is -1.05. The number of hydrogen-bond acceptors (Lipinski definition) is 4. The first-order valence-electron chi connectivity index (χ1n) is 6.60. The Labute approximate surface area is 117 Å². The first kappa shape index (κ1) is 14.5. The van der Waals surface area contributed by atoms with E-state index in [0.717, 1.165) is 19.4 Å². The maximum Gasteiger partial charge on any atom is 0.337 e. The van der Waals surface area contributed by atoms with Gasteiger partial charge in [-0.2, -0.15) is 0 Å². The number of hydrogen-bond donors (Lipinski definition) is 1. The number of ether oxygens (including phenoxy) is 1. The molecule has 0 aliphatic carbocycles. The molecule has 0 bridgehead atoms. The van der Waals surface area contributed by atoms with Gasteiger partial charge in [-0.15, -0.1) is 0 Å². The lowest BCUT2D eigenvalue weighted by Crippen LogP contribution is -2.35. The molecule has 2 heterocycles. The van der Waals surface area contributed by atoms with Crippen LogP contribution in [-0.2, 0) is 4.74 Å². The molecule has 20 heavy (non-hydrogen) atoms. The number of carbonyl (C=O) groups excluding carboxylic acids is 1. The Balaban J connectivity index is 1.96. The third kappa shape index (κ3) is 3.54. The SMILES string of the molecule is CN(CC1CCCOC1)C(=O)c1ccc(C(=O)O)cn1. The largest absolute Gasteiger partial charge is 0.478 e. The minimum absolute atomic E-state index is 0.0740. The van der Waals surface area contributed by atoms with Crippen LogP contribution in [0.25, 0.3) is 0 Å². The highest BCUT2D eigenvalue weighted by Gasteiger charge is 2.20. The fraction of sp³-hybridized carbons (Fsp3) is 0.500. The Morgan fingerprint density at radius 3 is 2.85 bits per heavy atom. The van der Waals surface area contributed by atoms with Crippen molar-refractivity contribution < 1.29 is 19.4 Å². The van der Waals surface area contributed by atoms with Crippen LogP contribution in [0.15, 0.2) is 18.3 Å². The molecule has 0 radical (unpaired) electrons. The van der Waals surface area contributed by atoms with Crippen molar-refractivity contribution in [3.8, 4) is 0 Å². The van der Waals surface area contributed by atoms with Crippen LogP contribution in [0.2, 0.25) is 0 Å². The van der Waals surface area contributed by atoms with Gasteiger partial charge in [0.25, 0.3) is 5.91 Å². The van der Waals surface area contributed by atoms with Gasteiger partial charge < -0.3 is 14.7 Å². The maximum absolute atomic E-state index is 12.2. The zero-order chi connectivity index (χ0) is 14.5. The summed E-state index contributed by atoms with van der Waals surface area (Å²) in [5.41, 5.74) is 0.333. The predicted octanol–water partition coefficient (Wildman–Crippen LogP) is 1.28. The first-order chi connectivity index (χ1) is 9.58. The molecule has 1 N–H and O–H groups in total. The number of amides is 1. The summed E-state index contributed by atoms with van der Waals surface area (Å²) >= 11 is 0. The third-order valence-electron chi connectivity index (χ3n) is 3.36. The van der Waals surface area contributed by atoms with E-state index in [4.69, 9.17) is 9.84 Å². The number of nitrogens with zero attached hydrogens (tertiary/aromatic N) is 2. The van der Waals surface area contributed by atoms with Crippen molar-refractivity contribution in [3.63, 3.8) is 0 Å². The second-order valence-corrected chi connectivity index (χ2v) is 5.01. The van der Waals surface area contributed by atoms with Crippen LogP contribution in [0.3, 0.4) is 0 Å². The highest BCUT2D eigenvalue weighted by Crippen LogP contribution is 2.15. The zero-order valence-electron chi connectivity index (χ0n) is 11.4. The molecular formula is C14H18N2O4. The molecule has 1 amide bonds. The van der Waals surface area contributed by atoms with E-state index >= 15 is 0 Å². The van der Waals surface area contributed by atoms with Crippen LogP contribution < -0.4 is 0 Å². The quantitative estimate of drug-likeness (QED) is 0.897. The maximum atomic E-state index is 12.2. The summed E-state index contributed by atoms with van der Waals surface area (Å²) in [6, 6.07) is 2.83. The molecule has 1 aliphatic heterocycles. The molecular weight excluding hydrogens is 260 g/mol. The third-order valence-corrected chi connectivity index (χ3v) is 3.36. The molecule has 1 aromatic rings. The summed E-state index contributed by atoms with van der Waals surface area (Å²) in [7, 11) is 1.73. The van der Waals surface area contributed by atoms with Crippen LogP contribution in [0.1, 0.15) is 33.7 Å². The van der Waals surface area contributed by atoms with Crippen molar-refractivity contribution in [2.24, 2.45) is 5.92 Å². The first-order valence-corrected chi connectivity index (χ1v) is 6.60. The van der Waals surface area contributed by atoms with E-state index < -0.39 is 5.97 Å². The normalized spacial score (nSPS) is 18.6. The van der Waals surface area contributed by atoms with Crippen molar-refractivity contribution >= 4 is 11.9 Å². The van der Waals surface area contributed by atoms with Crippen LogP contribution in [-0.4, -0.2) is 53.7 Å². The number of carboxylic acids is 1. The summed E-state index contributed by atoms with van der Waals surface area (Å²) in [5.74, 6) is -0.896. The second-order valence-electron chi connectivity index (χ2n) is 5.01. The Morgan fingerprint density at radius 2 is 2.30 bits per heavy atom. The number of carboxylic acid groups (broad SMARTS) is 1. The van der Waals surface area contributed by atoms with Gasteiger partial charge in [-0.1, -0.05) is 0 Å². The van der Waals surface area contributed by atoms with Gasteiger partial charge in [0.1, 0.15) is 5.69 Å². The monoisotopic (exact) mass is 278 g/mol. The van der Waals surface area contributed by atoms with Gasteiger partial charge in [0.05, 0.1) is 12.2 Å². The number of aromatic carboxylic acids is 1. The molecule has 1 atom stereocenters. The Kier molecular flexibility index (Phi) is 4.68. The summed E-state index contributed by atoms with van der Waals surface area (Å²) in [6.45, 7) is 2.11. The van der Waals surface area contributed by atoms with Gasteiger partial charge in [-0.05, 0) is 30.9 Å². The summed E-state index contributed by atoms with van der Waals surface area (Å²) in [5, 5.41) is 8.79. The average Bonchev–Trinajstić information content (AvgIpc) is 2.47. The number of carbonyl (C=O) groups is 2. The van der Waals surface area contributed by atoms with Gasteiger partial charge >= 0.3 is 5.97 Å². The molecule has 6 nitrogen and oxygen atoms in total. The van der Waals surface area contributed by atoms with E-state index in [-0.39, 0.29) is 17.2 Å². The number of pyridine rings is 1. The topological polar surface area (TPSA) is 79.7 Å². The zero-order valence-corrected chi connectivity index (χ0v) is 11.4. The van der Waals surface area contributed by atoms with Crippen LogP contribution >= 0.6 is 0 Å². The van der Waals surface area contributed by atoms with Gasteiger partial charge in [0, 0.05) is 26.4 Å². The second kappa shape index (κ2) is 6.47. The summed E-state index contributed by atoms with van der Waals surface area (Å²) in [4.78, 5) is 28.4. The molecule has 1 aromatic heterocycles. The predicted molar refractivity (Wildman–Crippen MR) is 71.7 cm³/mol. The van der Waals surface area contributed by atoms with Gasteiger partial charge in [0.2, 0.25) is 0 Å². The molecule has 1 unspecified atom stereocenters. The fourth-order valence-corrected chi connectivity index (χ4v) is 2.26. The Morgan fingerprint density at radius 1 is 1.50 bits per heavy atom. The van der Waals surface area contributed by atoms with E-state index in [1.165, 1.54) is 18.3 Å². The lowest BCUT2D eigenvalue weighted by molar-refractivity contribution is 0.0386. The lowest BCUT2D eigenvalue weighted by atomic mass is 10.0. The molecule has 0 saturated carbocycles. The van der Waals surface area contributed by atoms with Crippen LogP contribution in [0.4, 0.5) is 0 Å². The highest BCUT2D eigenvalue weighted by molar-refractivity contribution is 5.93. The van der Waals surface area contributed by atoms with Crippen molar-refractivity contribution in [2.75, 3.05) is 26.8 Å². The molecule has 108 valence electrons. The van der Waals surface area contributed by atoms with E-state index in [0.29, 0.717) is 19.1 Å². The van der Waals surface area contributed by atoms with E-state index in [1.54, 1.807) is 11.9 Å². The highest BCUT2D eigenvalue weighted by atomic mass is 16.5. The average molecular weight is 278 g/mol. The minimum Gasteiger partial charge on any atom is -0.478 e. The van der Waals surface area contributed by atoms with Crippen molar-refractivity contribution in [2.45, 2.75) is 12.8 Å². The number of rotatable bonds is 4. The molecule has 1 saturated heterocycles. The molecule has 1 aliphatic rings. The summed E-state index contributed by atoms with van der Waals surface area (Å²) < 4.78 is 5.39. The van der Waals surface area contributed by atoms with Crippen LogP contribution in [0, 0.1) is 5.92 Å². The lowest BCUT2D eigenvalue weighted by Gasteiger charge is -2.26. The summed E-state index contributed by atoms with van der Waals surface area (Å²) in [6.07, 6.45) is 3.29. The van der Waals surface area contributed by atoms with Crippen molar-refractivity contribution in [3.05, 3.63) is 29.6 Å². The molecule has 0 spiro atoms. The standard InChI is InChI=1S/C14H18N2O4/c1-16(8-10-3-2-6-20-9-10)13(17)12-5-4-11(7-15-12)14(18)19/h4-5,7,10H,2-3,6,8-9H2,1H3,(H,18,19). The van der Waals surface area contributed by atoms with Gasteiger partial charge in [-0.25, -0.2) is 4.79 Å². The Bertz CT molecular complexity index is 480. The van der Waals surface area contributed by atoms with E-state index in [1.807, 2.05) is 0 Å². The Hall–Kier alpha value is -1.95. The van der Waals surface area contributed by atoms with E-state index in [9.17, 15) is 9.59 Å². The van der Waals surface area contributed by atoms with Gasteiger partial charge in [-0.3, -0.25) is 9.78 Å². The smallest absolute Gasteiger partial charge is 0.337 e. The fourth-order valence-electron chi connectivity index (χ4n) is 2.26. The van der Waals surface area contributed by atoms with Crippen molar-refractivity contribution in [1.29, 1.82) is 0 Å². The molecule has 0 aromatic carbocycles. The van der Waals surface area contributed by atoms with Gasteiger partial charge in [0.15, 0.2) is 0 Å². The molecule has 2 rings (SSSR count). The van der Waals surface area contributed by atoms with E-state index in [2.05, 4.69) is 4.98 Å².